The molecule has 0 saturated carbocycles. The van der Waals surface area contributed by atoms with Gasteiger partial charge in [0, 0.05) is 0 Å². The zero-order chi connectivity index (χ0) is 11.9. The number of unbranched alkanes of at least 4 members (excludes halogenated alkanes) is 4. The first-order chi connectivity index (χ1) is 6.89. The van der Waals surface area contributed by atoms with Gasteiger partial charge in [-0.3, -0.25) is 0 Å². The van der Waals surface area contributed by atoms with Crippen molar-refractivity contribution in [2.45, 2.75) is 63.7 Å². The average molecular weight is 260 g/mol. The van der Waals surface area contributed by atoms with Gasteiger partial charge >= 0.3 is 29.6 Å². The molecule has 0 heterocycles. The van der Waals surface area contributed by atoms with Gasteiger partial charge in [-0.25, -0.2) is 8.42 Å². The van der Waals surface area contributed by atoms with Crippen LogP contribution >= 0.6 is 0 Å². The number of hydrogen-bond acceptors (Lipinski definition) is 4. The summed E-state index contributed by atoms with van der Waals surface area (Å²) >= 11 is 0. The van der Waals surface area contributed by atoms with Crippen molar-refractivity contribution < 1.29 is 47.6 Å². The van der Waals surface area contributed by atoms with Crippen LogP contribution in [-0.4, -0.2) is 29.4 Å². The molecule has 0 bridgehead atoms. The second-order valence-electron chi connectivity index (χ2n) is 3.97. The van der Waals surface area contributed by atoms with E-state index in [9.17, 15) is 18.1 Å². The van der Waals surface area contributed by atoms with Crippen LogP contribution < -0.4 is 29.6 Å². The van der Waals surface area contributed by atoms with E-state index < -0.39 is 21.5 Å². The Morgan fingerprint density at radius 1 is 1.19 bits per heavy atom. The Labute approximate surface area is 121 Å². The monoisotopic (exact) mass is 260 g/mol. The predicted molar refractivity (Wildman–Crippen MR) is 58.5 cm³/mol. The van der Waals surface area contributed by atoms with Gasteiger partial charge in [0.25, 0.3) is 0 Å². The third-order valence-electron chi connectivity index (χ3n) is 2.50. The molecule has 16 heavy (non-hydrogen) atoms. The molecule has 0 rings (SSSR count). The van der Waals surface area contributed by atoms with E-state index in [-0.39, 0.29) is 36.0 Å². The normalized spacial score (nSPS) is 15.2. The smallest absolute Gasteiger partial charge is 0.748 e. The molecule has 0 aromatic heterocycles. The van der Waals surface area contributed by atoms with Gasteiger partial charge in [-0.2, -0.15) is 0 Å². The summed E-state index contributed by atoms with van der Waals surface area (Å²) in [5, 5.41) is 8.03. The standard InChI is InChI=1S/C10H22O4S.Na/c1-3-4-5-6-7-8-10(9(2)11)15(12,13)14;/h9-11H,3-8H2,1-2H3,(H,12,13,14);/q;+1/p-1. The van der Waals surface area contributed by atoms with Crippen molar-refractivity contribution in [1.29, 1.82) is 0 Å². The molecule has 92 valence electrons. The molecule has 0 saturated heterocycles. The molecule has 0 aromatic carbocycles. The molecule has 4 nitrogen and oxygen atoms in total. The van der Waals surface area contributed by atoms with Crippen LogP contribution in [0.2, 0.25) is 0 Å². The zero-order valence-electron chi connectivity index (χ0n) is 10.5. The molecule has 0 aromatic rings. The topological polar surface area (TPSA) is 77.4 Å². The minimum atomic E-state index is -4.36. The second kappa shape index (κ2) is 9.85. The Morgan fingerprint density at radius 3 is 2.06 bits per heavy atom. The first-order valence-corrected chi connectivity index (χ1v) is 6.99. The van der Waals surface area contributed by atoms with Gasteiger partial charge in [0.2, 0.25) is 0 Å². The molecule has 2 atom stereocenters. The van der Waals surface area contributed by atoms with Crippen LogP contribution in [0.4, 0.5) is 0 Å². The number of aliphatic hydroxyl groups excluding tert-OH is 1. The summed E-state index contributed by atoms with van der Waals surface area (Å²) in [5.74, 6) is 0. The van der Waals surface area contributed by atoms with E-state index in [2.05, 4.69) is 6.92 Å². The van der Waals surface area contributed by atoms with Crippen LogP contribution in [0.5, 0.6) is 0 Å². The summed E-state index contributed by atoms with van der Waals surface area (Å²) in [6.07, 6.45) is 4.13. The van der Waals surface area contributed by atoms with Crippen molar-refractivity contribution in [3.63, 3.8) is 0 Å². The summed E-state index contributed by atoms with van der Waals surface area (Å²) in [4.78, 5) is 0. The van der Waals surface area contributed by atoms with E-state index in [1.54, 1.807) is 0 Å². The summed E-state index contributed by atoms with van der Waals surface area (Å²) in [6, 6.07) is 0. The Bertz CT molecular complexity index is 252. The van der Waals surface area contributed by atoms with Gasteiger partial charge in [-0.05, 0) is 13.3 Å². The van der Waals surface area contributed by atoms with Crippen LogP contribution in [0.1, 0.15) is 52.4 Å². The van der Waals surface area contributed by atoms with Crippen LogP contribution in [-0.2, 0) is 10.1 Å². The first kappa shape index (κ1) is 19.2. The van der Waals surface area contributed by atoms with Crippen LogP contribution in [0.25, 0.3) is 0 Å². The molecule has 0 spiro atoms. The third-order valence-corrected chi connectivity index (χ3v) is 3.87. The molecular weight excluding hydrogens is 239 g/mol. The average Bonchev–Trinajstić information content (AvgIpc) is 2.08. The first-order valence-electron chi connectivity index (χ1n) is 5.52. The third kappa shape index (κ3) is 8.96. The van der Waals surface area contributed by atoms with Gasteiger partial charge in [-0.1, -0.05) is 39.0 Å². The van der Waals surface area contributed by atoms with Gasteiger partial charge in [0.15, 0.2) is 0 Å². The summed E-state index contributed by atoms with van der Waals surface area (Å²) in [5.41, 5.74) is 0. The van der Waals surface area contributed by atoms with E-state index in [0.29, 0.717) is 6.42 Å². The zero-order valence-corrected chi connectivity index (χ0v) is 13.3. The van der Waals surface area contributed by atoms with Crippen molar-refractivity contribution in [3.05, 3.63) is 0 Å². The molecule has 0 fully saturated rings. The van der Waals surface area contributed by atoms with Crippen molar-refractivity contribution in [3.8, 4) is 0 Å². The molecule has 0 aliphatic rings. The number of aliphatic hydroxyl groups is 1. The molecule has 0 aliphatic carbocycles. The van der Waals surface area contributed by atoms with Crippen LogP contribution in [0.15, 0.2) is 0 Å². The quantitative estimate of drug-likeness (QED) is 0.332. The van der Waals surface area contributed by atoms with E-state index in [1.807, 2.05) is 0 Å². The van der Waals surface area contributed by atoms with Gasteiger partial charge in [0.1, 0.15) is 10.1 Å². The predicted octanol–water partition coefficient (Wildman–Crippen LogP) is -1.35. The van der Waals surface area contributed by atoms with Crippen molar-refractivity contribution >= 4 is 10.1 Å². The minimum absolute atomic E-state index is 0. The van der Waals surface area contributed by atoms with E-state index in [1.165, 1.54) is 6.92 Å². The van der Waals surface area contributed by atoms with Crippen LogP contribution in [0.3, 0.4) is 0 Å². The fourth-order valence-electron chi connectivity index (χ4n) is 1.58. The molecule has 0 amide bonds. The number of rotatable bonds is 8. The second-order valence-corrected chi connectivity index (χ2v) is 5.57. The van der Waals surface area contributed by atoms with Gasteiger partial charge in [0.05, 0.1) is 11.4 Å². The van der Waals surface area contributed by atoms with Crippen molar-refractivity contribution in [2.75, 3.05) is 0 Å². The summed E-state index contributed by atoms with van der Waals surface area (Å²) < 4.78 is 32.3. The van der Waals surface area contributed by atoms with E-state index in [4.69, 9.17) is 0 Å². The maximum absolute atomic E-state index is 10.8. The molecule has 0 radical (unpaired) electrons. The molecule has 1 N–H and O–H groups in total. The summed E-state index contributed by atoms with van der Waals surface area (Å²) in [7, 11) is -4.36. The van der Waals surface area contributed by atoms with Gasteiger partial charge in [-0.15, -0.1) is 0 Å². The van der Waals surface area contributed by atoms with E-state index in [0.717, 1.165) is 25.7 Å². The molecule has 6 heteroatoms. The fraction of sp³-hybridized carbons (Fsp3) is 1.00. The molecule has 2 unspecified atom stereocenters. The largest absolute Gasteiger partial charge is 1.00 e. The van der Waals surface area contributed by atoms with E-state index >= 15 is 0 Å². The Balaban J connectivity index is 0. The fourth-order valence-corrected chi connectivity index (χ4v) is 2.51. The molecular formula is C10H21NaO4S. The maximum Gasteiger partial charge on any atom is 1.00 e. The summed E-state index contributed by atoms with van der Waals surface area (Å²) in [6.45, 7) is 3.45. The minimum Gasteiger partial charge on any atom is -0.748 e. The Hall–Kier alpha value is 0.870. The van der Waals surface area contributed by atoms with Gasteiger partial charge < -0.3 is 9.66 Å². The Morgan fingerprint density at radius 2 is 1.69 bits per heavy atom. The van der Waals surface area contributed by atoms with Crippen LogP contribution in [0, 0.1) is 0 Å². The van der Waals surface area contributed by atoms with Crippen molar-refractivity contribution in [2.24, 2.45) is 0 Å². The SMILES string of the molecule is CCCCCCCC(C(C)O)S(=O)(=O)[O-].[Na+]. The maximum atomic E-state index is 10.8. The number of hydrogen-bond donors (Lipinski definition) is 1. The van der Waals surface area contributed by atoms with Crippen molar-refractivity contribution in [1.82, 2.24) is 0 Å². The Kier molecular flexibility index (Phi) is 11.8. The molecule has 0 aliphatic heterocycles.